The molecule has 8 heteroatoms. The molecule has 2 aromatic carbocycles. The lowest BCUT2D eigenvalue weighted by Gasteiger charge is -2.25. The van der Waals surface area contributed by atoms with Crippen LogP contribution >= 0.6 is 22.9 Å². The Balaban J connectivity index is 1.77. The molecule has 0 aliphatic carbocycles. The number of carbonyl (C=O) groups excluding carboxylic acids is 1. The quantitative estimate of drug-likeness (QED) is 0.349. The van der Waals surface area contributed by atoms with E-state index in [1.54, 1.807) is 24.5 Å². The molecule has 0 spiro atoms. The van der Waals surface area contributed by atoms with E-state index >= 15 is 0 Å². The first-order valence-corrected chi connectivity index (χ1v) is 13.0. The number of thiazole rings is 1. The predicted molar refractivity (Wildman–Crippen MR) is 144 cm³/mol. The van der Waals surface area contributed by atoms with Gasteiger partial charge in [-0.1, -0.05) is 59.3 Å². The summed E-state index contributed by atoms with van der Waals surface area (Å²) in [4.78, 5) is 32.1. The molecule has 4 aromatic rings. The Hall–Kier alpha value is -3.42. The van der Waals surface area contributed by atoms with E-state index in [1.807, 2.05) is 36.4 Å². The van der Waals surface area contributed by atoms with E-state index in [1.165, 1.54) is 11.3 Å². The molecule has 6 nitrogen and oxygen atoms in total. The standard InChI is InChI=1S/C28H26ClN3O3S/c1-5-35-27(34)24-17(4)30-28-32(25(24)20-11-6-8-12-21(20)29)26(33)23(36-28)14-18-15-31(16(2)3)22-13-9-7-10-19(18)22/h6-16,25H,5H2,1-4H3/b23-14-/t25-/m1/s1. The molecule has 0 N–H and O–H groups in total. The number of hydrogen-bond donors (Lipinski definition) is 0. The van der Waals surface area contributed by atoms with Crippen LogP contribution in [0.4, 0.5) is 0 Å². The number of carbonyl (C=O) groups is 1. The molecule has 0 radical (unpaired) electrons. The number of hydrogen-bond acceptors (Lipinski definition) is 5. The van der Waals surface area contributed by atoms with Crippen LogP contribution in [0.25, 0.3) is 17.0 Å². The first kappa shape index (κ1) is 24.3. The molecule has 0 bridgehead atoms. The van der Waals surface area contributed by atoms with Crippen LogP contribution in [0.5, 0.6) is 0 Å². The molecule has 2 aromatic heterocycles. The van der Waals surface area contributed by atoms with Crippen molar-refractivity contribution in [3.63, 3.8) is 0 Å². The molecule has 1 aliphatic rings. The minimum atomic E-state index is -0.729. The number of benzene rings is 2. The lowest BCUT2D eigenvalue weighted by atomic mass is 9.96. The third-order valence-corrected chi connectivity index (χ3v) is 7.66. The Labute approximate surface area is 217 Å². The summed E-state index contributed by atoms with van der Waals surface area (Å²) >= 11 is 7.89. The molecule has 184 valence electrons. The third-order valence-electron chi connectivity index (χ3n) is 6.33. The van der Waals surface area contributed by atoms with Gasteiger partial charge in [-0.3, -0.25) is 9.36 Å². The number of esters is 1. The molecular formula is C28H26ClN3O3S. The Bertz CT molecular complexity index is 1710. The summed E-state index contributed by atoms with van der Waals surface area (Å²) < 4.78 is 9.66. The van der Waals surface area contributed by atoms with Gasteiger partial charge in [-0.05, 0) is 51.5 Å². The van der Waals surface area contributed by atoms with E-state index in [0.29, 0.717) is 31.2 Å². The van der Waals surface area contributed by atoms with Gasteiger partial charge in [-0.25, -0.2) is 9.79 Å². The van der Waals surface area contributed by atoms with Crippen molar-refractivity contribution in [2.75, 3.05) is 6.61 Å². The van der Waals surface area contributed by atoms with Gasteiger partial charge in [0, 0.05) is 33.7 Å². The van der Waals surface area contributed by atoms with Crippen molar-refractivity contribution >= 4 is 45.9 Å². The second-order valence-electron chi connectivity index (χ2n) is 8.93. The second-order valence-corrected chi connectivity index (χ2v) is 10.3. The highest BCUT2D eigenvalue weighted by Crippen LogP contribution is 2.34. The van der Waals surface area contributed by atoms with Gasteiger partial charge in [0.1, 0.15) is 6.04 Å². The van der Waals surface area contributed by atoms with Crippen molar-refractivity contribution in [3.8, 4) is 0 Å². The number of allylic oxidation sites excluding steroid dienone is 1. The summed E-state index contributed by atoms with van der Waals surface area (Å²) in [5.41, 5.74) is 3.34. The van der Waals surface area contributed by atoms with Crippen molar-refractivity contribution in [3.05, 3.63) is 102 Å². The van der Waals surface area contributed by atoms with Gasteiger partial charge in [0.05, 0.1) is 22.4 Å². The van der Waals surface area contributed by atoms with Crippen molar-refractivity contribution in [1.82, 2.24) is 9.13 Å². The largest absolute Gasteiger partial charge is 0.463 e. The molecule has 0 saturated carbocycles. The summed E-state index contributed by atoms with van der Waals surface area (Å²) in [6.07, 6.45) is 3.99. The lowest BCUT2D eigenvalue weighted by molar-refractivity contribution is -0.139. The van der Waals surface area contributed by atoms with Gasteiger partial charge in [0.2, 0.25) is 0 Å². The van der Waals surface area contributed by atoms with E-state index in [2.05, 4.69) is 41.7 Å². The predicted octanol–water partition coefficient (Wildman–Crippen LogP) is 4.99. The van der Waals surface area contributed by atoms with E-state index in [4.69, 9.17) is 16.3 Å². The molecule has 0 fully saturated rings. The SMILES string of the molecule is CCOC(=O)C1=C(C)N=c2s/c(=C\c3cn(C(C)C)c4ccccc34)c(=O)n2[C@@H]1c1ccccc1Cl. The zero-order chi connectivity index (χ0) is 25.6. The zero-order valence-corrected chi connectivity index (χ0v) is 22.1. The topological polar surface area (TPSA) is 65.6 Å². The highest BCUT2D eigenvalue weighted by Gasteiger charge is 2.34. The Morgan fingerprint density at radius 1 is 1.19 bits per heavy atom. The molecule has 0 saturated heterocycles. The van der Waals surface area contributed by atoms with Crippen LogP contribution in [0.3, 0.4) is 0 Å². The molecule has 1 aliphatic heterocycles. The van der Waals surface area contributed by atoms with Crippen LogP contribution in [0.15, 0.2) is 75.8 Å². The van der Waals surface area contributed by atoms with Crippen LogP contribution < -0.4 is 14.9 Å². The fourth-order valence-electron chi connectivity index (χ4n) is 4.70. The van der Waals surface area contributed by atoms with Crippen molar-refractivity contribution in [2.45, 2.75) is 39.8 Å². The van der Waals surface area contributed by atoms with Gasteiger partial charge in [-0.15, -0.1) is 0 Å². The lowest BCUT2D eigenvalue weighted by Crippen LogP contribution is -2.40. The van der Waals surface area contributed by atoms with Gasteiger partial charge >= 0.3 is 5.97 Å². The highest BCUT2D eigenvalue weighted by atomic mass is 35.5. The summed E-state index contributed by atoms with van der Waals surface area (Å²) in [5, 5.41) is 1.54. The average molecular weight is 520 g/mol. The van der Waals surface area contributed by atoms with Crippen molar-refractivity contribution in [1.29, 1.82) is 0 Å². The number of ether oxygens (including phenoxy) is 1. The fourth-order valence-corrected chi connectivity index (χ4v) is 5.97. The van der Waals surface area contributed by atoms with E-state index in [-0.39, 0.29) is 18.2 Å². The number of nitrogens with zero attached hydrogens (tertiary/aromatic N) is 3. The normalized spacial score (nSPS) is 15.9. The van der Waals surface area contributed by atoms with Gasteiger partial charge in [-0.2, -0.15) is 0 Å². The molecule has 1 atom stereocenters. The minimum Gasteiger partial charge on any atom is -0.463 e. The fraction of sp³-hybridized carbons (Fsp3) is 0.250. The van der Waals surface area contributed by atoms with E-state index in [0.717, 1.165) is 16.5 Å². The molecule has 36 heavy (non-hydrogen) atoms. The van der Waals surface area contributed by atoms with Crippen LogP contribution in [-0.4, -0.2) is 21.7 Å². The number of fused-ring (bicyclic) bond motifs is 2. The molecule has 5 rings (SSSR count). The van der Waals surface area contributed by atoms with E-state index < -0.39 is 12.0 Å². The number of aromatic nitrogens is 2. The summed E-state index contributed by atoms with van der Waals surface area (Å²) in [6.45, 7) is 8.00. The van der Waals surface area contributed by atoms with Crippen LogP contribution in [-0.2, 0) is 9.53 Å². The smallest absolute Gasteiger partial charge is 0.338 e. The number of para-hydroxylation sites is 1. The third kappa shape index (κ3) is 4.02. The summed E-state index contributed by atoms with van der Waals surface area (Å²) in [5.74, 6) is -0.502. The molecule has 0 unspecified atom stereocenters. The van der Waals surface area contributed by atoms with Gasteiger partial charge < -0.3 is 9.30 Å². The second kappa shape index (κ2) is 9.56. The number of rotatable bonds is 5. The molecule has 0 amide bonds. The Morgan fingerprint density at radius 3 is 2.64 bits per heavy atom. The highest BCUT2D eigenvalue weighted by molar-refractivity contribution is 7.07. The maximum absolute atomic E-state index is 13.9. The molecule has 3 heterocycles. The number of halogens is 1. The first-order chi connectivity index (χ1) is 17.3. The Kier molecular flexibility index (Phi) is 6.45. The van der Waals surface area contributed by atoms with E-state index in [9.17, 15) is 9.59 Å². The Morgan fingerprint density at radius 2 is 1.92 bits per heavy atom. The van der Waals surface area contributed by atoms with Crippen molar-refractivity contribution < 1.29 is 9.53 Å². The summed E-state index contributed by atoms with van der Waals surface area (Å²) in [6, 6.07) is 15.0. The first-order valence-electron chi connectivity index (χ1n) is 11.9. The van der Waals surface area contributed by atoms with Gasteiger partial charge in [0.25, 0.3) is 5.56 Å². The monoisotopic (exact) mass is 519 g/mol. The summed E-state index contributed by atoms with van der Waals surface area (Å²) in [7, 11) is 0. The van der Waals surface area contributed by atoms with Crippen molar-refractivity contribution in [2.24, 2.45) is 4.99 Å². The maximum atomic E-state index is 13.9. The maximum Gasteiger partial charge on any atom is 0.338 e. The molecular weight excluding hydrogens is 494 g/mol. The van der Waals surface area contributed by atoms with Crippen LogP contribution in [0, 0.1) is 0 Å². The average Bonchev–Trinajstić information content (AvgIpc) is 3.36. The van der Waals surface area contributed by atoms with Gasteiger partial charge in [0.15, 0.2) is 4.80 Å². The van der Waals surface area contributed by atoms with Crippen LogP contribution in [0.2, 0.25) is 5.02 Å². The zero-order valence-electron chi connectivity index (χ0n) is 20.5. The van der Waals surface area contributed by atoms with Crippen LogP contribution in [0.1, 0.15) is 50.9 Å². The minimum absolute atomic E-state index is 0.217.